The van der Waals surface area contributed by atoms with Crippen molar-refractivity contribution in [2.75, 3.05) is 26.2 Å². The van der Waals surface area contributed by atoms with E-state index >= 15 is 0 Å². The van der Waals surface area contributed by atoms with E-state index in [0.29, 0.717) is 18.3 Å². The molecule has 1 aliphatic heterocycles. The van der Waals surface area contributed by atoms with Crippen molar-refractivity contribution >= 4 is 21.6 Å². The van der Waals surface area contributed by atoms with Crippen molar-refractivity contribution in [2.45, 2.75) is 13.1 Å². The Kier molecular flexibility index (Phi) is 5.13. The standard InChI is InChI=1S/C21H21BrN6O/c22-17-5-3-4-16(12-17)21-24-20(29-25-21)15-27-10-8-26(9-11-27)13-18-14-28-7-2-1-6-19(28)23-18/h1-7,12,14H,8-11,13,15H2. The Balaban J connectivity index is 1.16. The third-order valence-electron chi connectivity index (χ3n) is 5.17. The van der Waals surface area contributed by atoms with Crippen molar-refractivity contribution in [3.05, 3.63) is 70.9 Å². The van der Waals surface area contributed by atoms with Gasteiger partial charge in [0.1, 0.15) is 5.65 Å². The van der Waals surface area contributed by atoms with Crippen LogP contribution in [0.3, 0.4) is 0 Å². The largest absolute Gasteiger partial charge is 0.338 e. The fourth-order valence-electron chi connectivity index (χ4n) is 3.65. The molecule has 3 aromatic heterocycles. The Morgan fingerprint density at radius 1 is 0.931 bits per heavy atom. The van der Waals surface area contributed by atoms with Crippen LogP contribution in [0.25, 0.3) is 17.0 Å². The first-order chi connectivity index (χ1) is 14.2. The molecule has 0 atom stereocenters. The van der Waals surface area contributed by atoms with Gasteiger partial charge in [-0.05, 0) is 24.3 Å². The number of hydrogen-bond donors (Lipinski definition) is 0. The molecule has 0 aliphatic carbocycles. The summed E-state index contributed by atoms with van der Waals surface area (Å²) in [6.45, 7) is 5.51. The summed E-state index contributed by atoms with van der Waals surface area (Å²) in [5.41, 5.74) is 3.06. The summed E-state index contributed by atoms with van der Waals surface area (Å²) in [6.07, 6.45) is 4.15. The number of hydrogen-bond acceptors (Lipinski definition) is 6. The molecule has 1 saturated heterocycles. The maximum Gasteiger partial charge on any atom is 0.241 e. The molecule has 1 fully saturated rings. The average molecular weight is 453 g/mol. The van der Waals surface area contributed by atoms with E-state index in [4.69, 9.17) is 9.51 Å². The first kappa shape index (κ1) is 18.5. The van der Waals surface area contributed by atoms with Crippen LogP contribution in [-0.4, -0.2) is 55.5 Å². The molecule has 7 nitrogen and oxygen atoms in total. The number of pyridine rings is 1. The van der Waals surface area contributed by atoms with Gasteiger partial charge in [0, 0.05) is 55.2 Å². The predicted octanol–water partition coefficient (Wildman–Crippen LogP) is 3.46. The smallest absolute Gasteiger partial charge is 0.241 e. The molecule has 4 heterocycles. The van der Waals surface area contributed by atoms with Crippen LogP contribution in [0.2, 0.25) is 0 Å². The van der Waals surface area contributed by atoms with Crippen LogP contribution in [0.1, 0.15) is 11.6 Å². The van der Waals surface area contributed by atoms with E-state index in [1.807, 2.05) is 48.7 Å². The van der Waals surface area contributed by atoms with E-state index in [0.717, 1.165) is 54.1 Å². The van der Waals surface area contributed by atoms with E-state index in [-0.39, 0.29) is 0 Å². The lowest BCUT2D eigenvalue weighted by Gasteiger charge is -2.33. The molecule has 0 unspecified atom stereocenters. The second-order valence-corrected chi connectivity index (χ2v) is 8.19. The number of nitrogens with zero attached hydrogens (tertiary/aromatic N) is 6. The van der Waals surface area contributed by atoms with Gasteiger partial charge in [0.2, 0.25) is 11.7 Å². The SMILES string of the molecule is Brc1cccc(-c2noc(CN3CCN(Cc4cn5ccccc5n4)CC3)n2)c1. The average Bonchev–Trinajstić information content (AvgIpc) is 3.36. The van der Waals surface area contributed by atoms with Crippen LogP contribution < -0.4 is 0 Å². The molecule has 0 radical (unpaired) electrons. The minimum Gasteiger partial charge on any atom is -0.338 e. The maximum absolute atomic E-state index is 5.47. The van der Waals surface area contributed by atoms with Crippen LogP contribution >= 0.6 is 15.9 Å². The second-order valence-electron chi connectivity index (χ2n) is 7.27. The monoisotopic (exact) mass is 452 g/mol. The first-order valence-electron chi connectivity index (χ1n) is 9.69. The van der Waals surface area contributed by atoms with Crippen molar-refractivity contribution in [3.8, 4) is 11.4 Å². The van der Waals surface area contributed by atoms with Crippen molar-refractivity contribution in [1.29, 1.82) is 0 Å². The fourth-order valence-corrected chi connectivity index (χ4v) is 4.05. The summed E-state index contributed by atoms with van der Waals surface area (Å²) in [7, 11) is 0. The number of rotatable bonds is 5. The Bertz CT molecular complexity index is 1080. The van der Waals surface area contributed by atoms with Gasteiger partial charge in [0.25, 0.3) is 0 Å². The molecular formula is C21H21BrN6O. The lowest BCUT2D eigenvalue weighted by molar-refractivity contribution is 0.111. The molecule has 0 bridgehead atoms. The molecule has 8 heteroatoms. The summed E-state index contributed by atoms with van der Waals surface area (Å²) in [4.78, 5) is 14.1. The van der Waals surface area contributed by atoms with Crippen LogP contribution in [0, 0.1) is 0 Å². The quantitative estimate of drug-likeness (QED) is 0.461. The van der Waals surface area contributed by atoms with Crippen molar-refractivity contribution in [1.82, 2.24) is 29.3 Å². The molecule has 148 valence electrons. The number of piperazine rings is 1. The minimum atomic E-state index is 0.631. The van der Waals surface area contributed by atoms with Gasteiger partial charge >= 0.3 is 0 Å². The zero-order chi connectivity index (χ0) is 19.6. The maximum atomic E-state index is 5.47. The van der Waals surface area contributed by atoms with Crippen LogP contribution in [-0.2, 0) is 13.1 Å². The van der Waals surface area contributed by atoms with Gasteiger partial charge in [-0.1, -0.05) is 39.3 Å². The van der Waals surface area contributed by atoms with E-state index in [1.165, 1.54) is 0 Å². The molecule has 1 aromatic carbocycles. The number of fused-ring (bicyclic) bond motifs is 1. The highest BCUT2D eigenvalue weighted by Gasteiger charge is 2.20. The third-order valence-corrected chi connectivity index (χ3v) is 5.67. The van der Waals surface area contributed by atoms with Crippen molar-refractivity contribution in [3.63, 3.8) is 0 Å². The summed E-state index contributed by atoms with van der Waals surface area (Å²) < 4.78 is 8.55. The molecule has 5 rings (SSSR count). The van der Waals surface area contributed by atoms with Gasteiger partial charge < -0.3 is 8.92 Å². The molecule has 1 aliphatic rings. The van der Waals surface area contributed by atoms with E-state index in [2.05, 4.69) is 46.5 Å². The lowest BCUT2D eigenvalue weighted by Crippen LogP contribution is -2.45. The normalized spacial score (nSPS) is 15.9. The molecule has 0 amide bonds. The highest BCUT2D eigenvalue weighted by Crippen LogP contribution is 2.21. The Hall–Kier alpha value is -2.55. The van der Waals surface area contributed by atoms with Gasteiger partial charge in [0.05, 0.1) is 12.2 Å². The number of imidazole rings is 1. The Morgan fingerprint density at radius 2 is 1.76 bits per heavy atom. The summed E-state index contributed by atoms with van der Waals surface area (Å²) >= 11 is 3.48. The zero-order valence-corrected chi connectivity index (χ0v) is 17.5. The van der Waals surface area contributed by atoms with E-state index in [1.54, 1.807) is 0 Å². The van der Waals surface area contributed by atoms with E-state index in [9.17, 15) is 0 Å². The minimum absolute atomic E-state index is 0.631. The molecule has 0 spiro atoms. The van der Waals surface area contributed by atoms with Crippen LogP contribution in [0.5, 0.6) is 0 Å². The first-order valence-corrected chi connectivity index (χ1v) is 10.5. The highest BCUT2D eigenvalue weighted by molar-refractivity contribution is 9.10. The van der Waals surface area contributed by atoms with Crippen molar-refractivity contribution in [2.24, 2.45) is 0 Å². The van der Waals surface area contributed by atoms with Crippen LogP contribution in [0.4, 0.5) is 0 Å². The number of aromatic nitrogens is 4. The molecular weight excluding hydrogens is 432 g/mol. The topological polar surface area (TPSA) is 62.7 Å². The van der Waals surface area contributed by atoms with Gasteiger partial charge in [-0.25, -0.2) is 4.98 Å². The summed E-state index contributed by atoms with van der Waals surface area (Å²) in [6, 6.07) is 14.0. The summed E-state index contributed by atoms with van der Waals surface area (Å²) in [5, 5.41) is 4.13. The van der Waals surface area contributed by atoms with Gasteiger partial charge in [0.15, 0.2) is 0 Å². The Morgan fingerprint density at radius 3 is 2.55 bits per heavy atom. The predicted molar refractivity (Wildman–Crippen MR) is 113 cm³/mol. The van der Waals surface area contributed by atoms with Gasteiger partial charge in [-0.15, -0.1) is 0 Å². The molecule has 29 heavy (non-hydrogen) atoms. The van der Waals surface area contributed by atoms with Gasteiger partial charge in [-0.2, -0.15) is 4.98 Å². The van der Waals surface area contributed by atoms with Gasteiger partial charge in [-0.3, -0.25) is 9.80 Å². The van der Waals surface area contributed by atoms with Crippen molar-refractivity contribution < 1.29 is 4.52 Å². The number of benzene rings is 1. The third kappa shape index (κ3) is 4.24. The van der Waals surface area contributed by atoms with E-state index < -0.39 is 0 Å². The summed E-state index contributed by atoms with van der Waals surface area (Å²) in [5.74, 6) is 1.29. The van der Waals surface area contributed by atoms with Crippen LogP contribution in [0.15, 0.2) is 63.9 Å². The molecule has 0 N–H and O–H groups in total. The molecule has 4 aromatic rings. The molecule has 0 saturated carbocycles. The number of halogens is 1. The second kappa shape index (κ2) is 8.06. The highest BCUT2D eigenvalue weighted by atomic mass is 79.9. The Labute approximate surface area is 177 Å². The fraction of sp³-hybridized carbons (Fsp3) is 0.286. The lowest BCUT2D eigenvalue weighted by atomic mass is 10.2. The zero-order valence-electron chi connectivity index (χ0n) is 15.9.